The Morgan fingerprint density at radius 3 is 2.41 bits per heavy atom. The summed E-state index contributed by atoms with van der Waals surface area (Å²) in [4.78, 5) is 16.6. The van der Waals surface area contributed by atoms with Crippen LogP contribution in [0.5, 0.6) is 5.75 Å². The maximum atomic E-state index is 15.3. The van der Waals surface area contributed by atoms with E-state index in [1.54, 1.807) is 0 Å². The van der Waals surface area contributed by atoms with Crippen molar-refractivity contribution >= 4 is 34.6 Å². The summed E-state index contributed by atoms with van der Waals surface area (Å²) in [7, 11) is 0. The Kier molecular flexibility index (Phi) is 7.66. The number of benzene rings is 1. The number of thiophene rings is 1. The molecule has 15 heteroatoms. The van der Waals surface area contributed by atoms with E-state index < -0.39 is 45.9 Å². The summed E-state index contributed by atoms with van der Waals surface area (Å²) >= 11 is 0.886. The van der Waals surface area contributed by atoms with E-state index in [0.29, 0.717) is 5.56 Å². The van der Waals surface area contributed by atoms with Crippen molar-refractivity contribution in [3.05, 3.63) is 86.9 Å². The summed E-state index contributed by atoms with van der Waals surface area (Å²) in [5, 5.41) is 26.8. The average molecular weight is 637 g/mol. The van der Waals surface area contributed by atoms with Gasteiger partial charge in [-0.05, 0) is 68.3 Å². The first-order valence-corrected chi connectivity index (χ1v) is 13.6. The Bertz CT molecular complexity index is 1830. The molecule has 8 nitrogen and oxygen atoms in total. The van der Waals surface area contributed by atoms with Crippen LogP contribution in [0.25, 0.3) is 21.6 Å². The molecule has 1 amide bonds. The number of halogens is 6. The van der Waals surface area contributed by atoms with Crippen LogP contribution >= 0.6 is 11.3 Å². The number of aliphatic hydroxyl groups is 1. The number of hydrogen-bond donors (Lipinski definition) is 3. The predicted molar refractivity (Wildman–Crippen MR) is 149 cm³/mol. The normalized spacial score (nSPS) is 17.0. The third-order valence-corrected chi connectivity index (χ3v) is 8.12. The molecule has 0 bridgehead atoms. The number of aromatic hydroxyl groups is 1. The smallest absolute Gasteiger partial charge is 0.380 e. The van der Waals surface area contributed by atoms with Gasteiger partial charge in [-0.15, -0.1) is 11.3 Å². The lowest BCUT2D eigenvalue weighted by atomic mass is 9.93. The minimum Gasteiger partial charge on any atom is -0.507 e. The summed E-state index contributed by atoms with van der Waals surface area (Å²) in [6.45, 7) is 3.32. The monoisotopic (exact) mass is 636 g/mol. The van der Waals surface area contributed by atoms with Crippen LogP contribution in [-0.2, 0) is 6.61 Å². The van der Waals surface area contributed by atoms with Crippen LogP contribution in [0.15, 0.2) is 52.1 Å². The number of carbonyl (C=O) groups excluding carboxylic acids is 1. The molecule has 1 aliphatic rings. The lowest BCUT2D eigenvalue weighted by Gasteiger charge is -2.25. The van der Waals surface area contributed by atoms with Gasteiger partial charge >= 0.3 is 17.8 Å². The van der Waals surface area contributed by atoms with Crippen LogP contribution in [0.2, 0.25) is 0 Å². The molecule has 1 aromatic carbocycles. The second-order valence-electron chi connectivity index (χ2n) is 9.90. The Labute approximate surface area is 249 Å². The molecule has 0 radical (unpaired) electrons. The van der Waals surface area contributed by atoms with E-state index in [1.807, 2.05) is 0 Å². The molecular weight excluding hydrogens is 614 g/mol. The zero-order valence-electron chi connectivity index (χ0n) is 23.1. The minimum atomic E-state index is -5.74. The largest absolute Gasteiger partial charge is 0.507 e. The molecule has 0 unspecified atom stereocenters. The van der Waals surface area contributed by atoms with E-state index in [-0.39, 0.29) is 50.5 Å². The average Bonchev–Trinajstić information content (AvgIpc) is 3.54. The number of nitrogens with one attached hydrogen (secondary N) is 1. The molecule has 0 atom stereocenters. The number of pyridine rings is 1. The van der Waals surface area contributed by atoms with Gasteiger partial charge in [0.15, 0.2) is 0 Å². The molecule has 4 aromatic rings. The number of alkyl halides is 6. The first-order chi connectivity index (χ1) is 20.6. The number of phenols is 1. The highest BCUT2D eigenvalue weighted by Gasteiger charge is 2.80. The van der Waals surface area contributed by atoms with Crippen LogP contribution < -0.4 is 5.43 Å². The van der Waals surface area contributed by atoms with Crippen molar-refractivity contribution in [1.82, 2.24) is 15.6 Å². The lowest BCUT2D eigenvalue weighted by Crippen LogP contribution is -2.49. The van der Waals surface area contributed by atoms with Gasteiger partial charge in [0.1, 0.15) is 17.2 Å². The van der Waals surface area contributed by atoms with E-state index >= 15 is 17.6 Å². The molecule has 3 heterocycles. The molecular formula is C29H22F6N4O4S. The number of nitrogens with zero attached hydrogens (tertiary/aromatic N) is 3. The maximum Gasteiger partial charge on any atom is 0.380 e. The molecule has 0 aliphatic heterocycles. The Morgan fingerprint density at radius 1 is 1.05 bits per heavy atom. The topological polar surface area (TPSA) is 121 Å². The zero-order chi connectivity index (χ0) is 32.2. The van der Waals surface area contributed by atoms with Crippen molar-refractivity contribution in [1.29, 1.82) is 0 Å². The number of rotatable bonds is 7. The molecule has 5 rings (SSSR count). The van der Waals surface area contributed by atoms with Gasteiger partial charge in [-0.25, -0.2) is 10.4 Å². The van der Waals surface area contributed by atoms with Crippen LogP contribution in [0.4, 0.5) is 26.3 Å². The molecule has 3 aromatic heterocycles. The fourth-order valence-corrected chi connectivity index (χ4v) is 5.87. The minimum absolute atomic E-state index is 0.0293. The van der Waals surface area contributed by atoms with Gasteiger partial charge in [0, 0.05) is 26.5 Å². The number of hydrazone groups is 1. The van der Waals surface area contributed by atoms with Gasteiger partial charge in [0.25, 0.3) is 5.91 Å². The number of allylic oxidation sites excluding steroid dienone is 2. The molecule has 0 saturated carbocycles. The quantitative estimate of drug-likeness (QED) is 0.121. The van der Waals surface area contributed by atoms with Gasteiger partial charge in [0.05, 0.1) is 29.8 Å². The Morgan fingerprint density at radius 2 is 1.75 bits per heavy atom. The summed E-state index contributed by atoms with van der Waals surface area (Å²) in [6.07, 6.45) is 1.10. The van der Waals surface area contributed by atoms with Crippen LogP contribution in [0.1, 0.15) is 49.2 Å². The number of phenolic OH excluding ortho intramolecular Hbond substituents is 1. The van der Waals surface area contributed by atoms with E-state index in [2.05, 4.69) is 20.7 Å². The second-order valence-corrected chi connectivity index (χ2v) is 11.2. The Hall–Kier alpha value is -4.50. The maximum absolute atomic E-state index is 15.3. The van der Waals surface area contributed by atoms with Crippen molar-refractivity contribution in [3.8, 4) is 16.2 Å². The SMILES string of the molecule is Cc1noc(C)c1C1=C(c2cc(-c3ccc(O)c(/C=N/NC(=O)c4cccc(CO)n4)c3)sc2C)C(F)(F)C(F)(F)C1(F)F. The van der Waals surface area contributed by atoms with Crippen molar-refractivity contribution in [2.75, 3.05) is 0 Å². The van der Waals surface area contributed by atoms with Crippen molar-refractivity contribution in [3.63, 3.8) is 0 Å². The molecule has 44 heavy (non-hydrogen) atoms. The number of carbonyl (C=O) groups is 1. The highest BCUT2D eigenvalue weighted by atomic mass is 32.1. The van der Waals surface area contributed by atoms with Gasteiger partial charge in [-0.1, -0.05) is 11.2 Å². The van der Waals surface area contributed by atoms with Gasteiger partial charge in [0.2, 0.25) is 0 Å². The van der Waals surface area contributed by atoms with Gasteiger partial charge in [-0.3, -0.25) is 4.79 Å². The molecule has 1 aliphatic carbocycles. The first kappa shape index (κ1) is 30.9. The van der Waals surface area contributed by atoms with E-state index in [0.717, 1.165) is 23.6 Å². The zero-order valence-corrected chi connectivity index (χ0v) is 23.9. The standard InChI is InChI=1S/C29H22F6N4O4S/c1-13-23(14(2)43-39-13)25-24(27(30,31)29(34,35)28(25,32)33)19-10-22(44-15(19)3)16-7-8-21(41)17(9-16)11-36-38-26(42)20-6-4-5-18(12-40)37-20/h4-11,40-41H,12H2,1-3H3,(H,38,42)/b36-11+. The van der Waals surface area contributed by atoms with E-state index in [4.69, 9.17) is 4.52 Å². The summed E-state index contributed by atoms with van der Waals surface area (Å²) < 4.78 is 95.3. The number of aliphatic hydroxyl groups excluding tert-OH is 1. The molecule has 0 saturated heterocycles. The predicted octanol–water partition coefficient (Wildman–Crippen LogP) is 6.52. The van der Waals surface area contributed by atoms with Crippen LogP contribution in [-0.4, -0.2) is 50.2 Å². The summed E-state index contributed by atoms with van der Waals surface area (Å²) in [5.74, 6) is -17.5. The van der Waals surface area contributed by atoms with Crippen molar-refractivity contribution in [2.24, 2.45) is 5.10 Å². The highest BCUT2D eigenvalue weighted by molar-refractivity contribution is 7.15. The van der Waals surface area contributed by atoms with E-state index in [9.17, 15) is 23.8 Å². The number of amides is 1. The number of aromatic nitrogens is 2. The molecule has 0 fully saturated rings. The van der Waals surface area contributed by atoms with Crippen LogP contribution in [0, 0.1) is 20.8 Å². The fourth-order valence-electron chi connectivity index (χ4n) is 4.85. The van der Waals surface area contributed by atoms with Gasteiger partial charge in [-0.2, -0.15) is 31.4 Å². The second kappa shape index (κ2) is 10.9. The van der Waals surface area contributed by atoms with Crippen molar-refractivity contribution in [2.45, 2.75) is 45.1 Å². The first-order valence-electron chi connectivity index (χ1n) is 12.8. The lowest BCUT2D eigenvalue weighted by molar-refractivity contribution is -0.254. The summed E-state index contributed by atoms with van der Waals surface area (Å²) in [5.41, 5.74) is -1.60. The molecule has 3 N–H and O–H groups in total. The van der Waals surface area contributed by atoms with E-state index in [1.165, 1.54) is 57.2 Å². The third kappa shape index (κ3) is 4.85. The van der Waals surface area contributed by atoms with Crippen LogP contribution in [0.3, 0.4) is 0 Å². The fraction of sp³-hybridized carbons (Fsp3) is 0.241. The molecule has 0 spiro atoms. The highest BCUT2D eigenvalue weighted by Crippen LogP contribution is 2.65. The van der Waals surface area contributed by atoms with Gasteiger partial charge < -0.3 is 14.7 Å². The number of hydrogen-bond acceptors (Lipinski definition) is 8. The third-order valence-electron chi connectivity index (χ3n) is 7.02. The summed E-state index contributed by atoms with van der Waals surface area (Å²) in [6, 6.07) is 9.56. The number of aryl methyl sites for hydroxylation is 3. The Balaban J connectivity index is 1.53. The molecule has 230 valence electrons. The van der Waals surface area contributed by atoms with Crippen molar-refractivity contribution < 1.29 is 45.9 Å².